The van der Waals surface area contributed by atoms with Gasteiger partial charge in [0, 0.05) is 7.11 Å². The van der Waals surface area contributed by atoms with Crippen LogP contribution in [0.1, 0.15) is 46.5 Å². The van der Waals surface area contributed by atoms with Crippen LogP contribution in [0.15, 0.2) is 23.3 Å². The highest BCUT2D eigenvalue weighted by Crippen LogP contribution is 2.58. The van der Waals surface area contributed by atoms with Crippen molar-refractivity contribution in [1.82, 2.24) is 0 Å². The maximum Gasteiger partial charge on any atom is 0.323 e. The van der Waals surface area contributed by atoms with Crippen molar-refractivity contribution in [3.05, 3.63) is 23.3 Å². The van der Waals surface area contributed by atoms with Gasteiger partial charge < -0.3 is 14.2 Å². The van der Waals surface area contributed by atoms with Gasteiger partial charge in [-0.15, -0.1) is 0 Å². The van der Waals surface area contributed by atoms with Gasteiger partial charge in [-0.2, -0.15) is 0 Å². The van der Waals surface area contributed by atoms with E-state index in [1.807, 2.05) is 0 Å². The van der Waals surface area contributed by atoms with E-state index in [0.717, 1.165) is 12.8 Å². The first-order chi connectivity index (χ1) is 12.2. The fraction of sp³-hybridized carbons (Fsp3) is 0.714. The zero-order chi connectivity index (χ0) is 19.5. The van der Waals surface area contributed by atoms with E-state index in [1.165, 1.54) is 25.4 Å². The lowest BCUT2D eigenvalue weighted by Gasteiger charge is -2.34. The van der Waals surface area contributed by atoms with Gasteiger partial charge in [0.2, 0.25) is 0 Å². The molecule has 26 heavy (non-hydrogen) atoms. The van der Waals surface area contributed by atoms with E-state index in [0.29, 0.717) is 25.4 Å². The van der Waals surface area contributed by atoms with E-state index < -0.39 is 17.4 Å². The third kappa shape index (κ3) is 3.73. The Labute approximate surface area is 156 Å². The summed E-state index contributed by atoms with van der Waals surface area (Å²) in [5.41, 5.74) is 1.09. The molecule has 1 saturated carbocycles. The molecule has 0 aromatic rings. The first-order valence-corrected chi connectivity index (χ1v) is 9.26. The minimum atomic E-state index is -1.23. The molecule has 2 rings (SSSR count). The van der Waals surface area contributed by atoms with Crippen LogP contribution in [0.2, 0.25) is 0 Å². The Balaban J connectivity index is 2.52. The first kappa shape index (κ1) is 20.7. The molecule has 2 aliphatic rings. The number of methoxy groups -OCH3 is 3. The molecular weight excluding hydrogens is 332 g/mol. The number of hydrogen-bond donors (Lipinski definition) is 0. The number of carbonyl (C=O) groups is 2. The van der Waals surface area contributed by atoms with E-state index in [1.54, 1.807) is 7.11 Å². The van der Waals surface area contributed by atoms with Gasteiger partial charge in [0.25, 0.3) is 0 Å². The Kier molecular flexibility index (Phi) is 6.33. The predicted molar refractivity (Wildman–Crippen MR) is 99.4 cm³/mol. The molecule has 0 N–H and O–H groups in total. The zero-order valence-electron chi connectivity index (χ0n) is 16.9. The van der Waals surface area contributed by atoms with Gasteiger partial charge in [0.05, 0.1) is 20.8 Å². The molecule has 0 radical (unpaired) electrons. The van der Waals surface area contributed by atoms with Gasteiger partial charge in [0.1, 0.15) is 0 Å². The Hall–Kier alpha value is -1.62. The van der Waals surface area contributed by atoms with Crippen molar-refractivity contribution in [3.8, 4) is 0 Å². The highest BCUT2D eigenvalue weighted by Gasteiger charge is 2.61. The second-order valence-corrected chi connectivity index (χ2v) is 8.28. The molecule has 2 aliphatic carbocycles. The first-order valence-electron chi connectivity index (χ1n) is 9.26. The molecule has 0 aliphatic heterocycles. The predicted octanol–water partition coefficient (Wildman–Crippen LogP) is 3.68. The van der Waals surface area contributed by atoms with E-state index in [4.69, 9.17) is 14.2 Å². The molecule has 5 heteroatoms. The summed E-state index contributed by atoms with van der Waals surface area (Å²) in [4.78, 5) is 25.3. The average Bonchev–Trinajstić information content (AvgIpc) is 2.88. The maximum atomic E-state index is 12.6. The van der Waals surface area contributed by atoms with Gasteiger partial charge in [-0.3, -0.25) is 9.59 Å². The number of carbonyl (C=O) groups excluding carboxylic acids is 2. The van der Waals surface area contributed by atoms with Crippen LogP contribution >= 0.6 is 0 Å². The number of rotatable bonds is 5. The molecule has 0 aromatic carbocycles. The lowest BCUT2D eigenvalue weighted by molar-refractivity contribution is -0.169. The summed E-state index contributed by atoms with van der Waals surface area (Å²) in [6.07, 6.45) is 7.06. The van der Waals surface area contributed by atoms with Gasteiger partial charge in [-0.25, -0.2) is 0 Å². The molecule has 0 bridgehead atoms. The molecule has 0 heterocycles. The second-order valence-electron chi connectivity index (χ2n) is 8.28. The molecule has 2 atom stereocenters. The zero-order valence-corrected chi connectivity index (χ0v) is 16.9. The topological polar surface area (TPSA) is 61.8 Å². The third-order valence-corrected chi connectivity index (χ3v) is 6.07. The summed E-state index contributed by atoms with van der Waals surface area (Å²) in [5, 5.41) is 0. The van der Waals surface area contributed by atoms with Crippen LogP contribution in [-0.4, -0.2) is 39.9 Å². The van der Waals surface area contributed by atoms with Crippen molar-refractivity contribution in [3.63, 3.8) is 0 Å². The van der Waals surface area contributed by atoms with Crippen molar-refractivity contribution < 1.29 is 23.8 Å². The summed E-state index contributed by atoms with van der Waals surface area (Å²) in [6.45, 7) is 7.08. The third-order valence-electron chi connectivity index (χ3n) is 6.07. The lowest BCUT2D eigenvalue weighted by Crippen LogP contribution is -2.40. The summed E-state index contributed by atoms with van der Waals surface area (Å²) in [5.74, 6) is -0.467. The van der Waals surface area contributed by atoms with Crippen LogP contribution in [0.25, 0.3) is 0 Å². The van der Waals surface area contributed by atoms with Crippen LogP contribution in [-0.2, 0) is 23.8 Å². The summed E-state index contributed by atoms with van der Waals surface area (Å²) >= 11 is 0. The molecule has 0 amide bonds. The molecule has 0 aromatic heterocycles. The molecule has 1 fully saturated rings. The number of hydrogen-bond acceptors (Lipinski definition) is 5. The van der Waals surface area contributed by atoms with Gasteiger partial charge in [-0.1, -0.05) is 38.5 Å². The number of ether oxygens (including phenoxy) is 3. The Morgan fingerprint density at radius 3 is 2.31 bits per heavy atom. The maximum absolute atomic E-state index is 12.6. The van der Waals surface area contributed by atoms with Crippen molar-refractivity contribution in [2.75, 3.05) is 27.9 Å². The minimum Gasteiger partial charge on any atom is -0.468 e. The van der Waals surface area contributed by atoms with E-state index in [9.17, 15) is 9.59 Å². The molecule has 5 nitrogen and oxygen atoms in total. The molecular formula is C21H32O5. The SMILES string of the molecule is COC/C1=C/C/C(C(C)C)=C\[C@@H]2CC(C(=O)OC)(C(=O)OC)C[C@]2(C)C1. The molecule has 0 saturated heterocycles. The molecule has 146 valence electrons. The van der Waals surface area contributed by atoms with Gasteiger partial charge in [0.15, 0.2) is 5.41 Å². The Bertz CT molecular complexity index is 600. The smallest absolute Gasteiger partial charge is 0.323 e. The standard InChI is InChI=1S/C21H32O5/c1-14(2)16-8-7-15(12-24-4)10-20(3)13-21(18(22)25-5,19(23)26-6)11-17(20)9-16/h7,9,14,17H,8,10-13H2,1-6H3/b15-7+,16-9+/t17-,20+/m1/s1. The lowest BCUT2D eigenvalue weighted by atomic mass is 9.71. The van der Waals surface area contributed by atoms with Crippen molar-refractivity contribution in [2.45, 2.75) is 46.5 Å². The number of allylic oxidation sites excluding steroid dienone is 3. The summed E-state index contributed by atoms with van der Waals surface area (Å²) in [7, 11) is 4.36. The number of fused-ring (bicyclic) bond motifs is 1. The minimum absolute atomic E-state index is 0.110. The van der Waals surface area contributed by atoms with Crippen LogP contribution in [0.3, 0.4) is 0 Å². The largest absolute Gasteiger partial charge is 0.468 e. The fourth-order valence-electron chi connectivity index (χ4n) is 4.66. The monoisotopic (exact) mass is 364 g/mol. The van der Waals surface area contributed by atoms with Gasteiger partial charge >= 0.3 is 11.9 Å². The molecule has 0 spiro atoms. The normalized spacial score (nSPS) is 31.7. The van der Waals surface area contributed by atoms with E-state index in [2.05, 4.69) is 32.9 Å². The summed E-state index contributed by atoms with van der Waals surface area (Å²) in [6, 6.07) is 0. The quantitative estimate of drug-likeness (QED) is 0.423. The van der Waals surface area contributed by atoms with Crippen LogP contribution < -0.4 is 0 Å². The number of esters is 2. The molecule has 0 unspecified atom stereocenters. The van der Waals surface area contributed by atoms with Crippen LogP contribution in [0, 0.1) is 22.7 Å². The second kappa shape index (κ2) is 7.95. The van der Waals surface area contributed by atoms with E-state index in [-0.39, 0.29) is 11.3 Å². The van der Waals surface area contributed by atoms with E-state index >= 15 is 0 Å². The van der Waals surface area contributed by atoms with Crippen molar-refractivity contribution in [2.24, 2.45) is 22.7 Å². The van der Waals surface area contributed by atoms with Crippen LogP contribution in [0.5, 0.6) is 0 Å². The highest BCUT2D eigenvalue weighted by atomic mass is 16.5. The fourth-order valence-corrected chi connectivity index (χ4v) is 4.66. The summed E-state index contributed by atoms with van der Waals surface area (Å²) < 4.78 is 15.4. The van der Waals surface area contributed by atoms with Crippen LogP contribution in [0.4, 0.5) is 0 Å². The van der Waals surface area contributed by atoms with Crippen molar-refractivity contribution in [1.29, 1.82) is 0 Å². The van der Waals surface area contributed by atoms with Gasteiger partial charge in [-0.05, 0) is 48.5 Å². The highest BCUT2D eigenvalue weighted by molar-refractivity contribution is 6.00. The van der Waals surface area contributed by atoms with Crippen molar-refractivity contribution >= 4 is 11.9 Å². The average molecular weight is 364 g/mol. The Morgan fingerprint density at radius 1 is 1.19 bits per heavy atom. The Morgan fingerprint density at radius 2 is 1.81 bits per heavy atom.